The maximum Gasteiger partial charge on any atom is 0.250 e. The summed E-state index contributed by atoms with van der Waals surface area (Å²) in [5, 5.41) is 12.6. The number of carbonyl (C=O) groups excluding carboxylic acids is 1. The van der Waals surface area contributed by atoms with Crippen molar-refractivity contribution in [1.29, 1.82) is 5.26 Å². The van der Waals surface area contributed by atoms with Gasteiger partial charge >= 0.3 is 0 Å². The number of amides is 1. The molecule has 0 atom stereocenters. The molecule has 3 aromatic rings. The standard InChI is InChI=1S/C21H20N4O2/c1-2-24-15-17(9-11-21(24)27)23-20(26)10-8-16-14-25(13-5-12-22)19-7-4-3-6-18(16)19/h3-4,6-11,14-15H,2,5,13H2,1H3,(H,23,26)/b10-8+. The van der Waals surface area contributed by atoms with E-state index in [1.54, 1.807) is 18.3 Å². The molecule has 1 aromatic carbocycles. The number of aryl methyl sites for hydroxylation is 2. The van der Waals surface area contributed by atoms with Crippen LogP contribution in [0, 0.1) is 11.3 Å². The van der Waals surface area contributed by atoms with Crippen molar-refractivity contribution in [3.63, 3.8) is 0 Å². The summed E-state index contributed by atoms with van der Waals surface area (Å²) in [5.41, 5.74) is 2.42. The highest BCUT2D eigenvalue weighted by Gasteiger charge is 2.06. The quantitative estimate of drug-likeness (QED) is 0.684. The summed E-state index contributed by atoms with van der Waals surface area (Å²) in [6.07, 6.45) is 7.23. The molecule has 0 radical (unpaired) electrons. The highest BCUT2D eigenvalue weighted by molar-refractivity contribution is 6.03. The minimum atomic E-state index is -0.273. The molecule has 1 amide bonds. The molecule has 136 valence electrons. The van der Waals surface area contributed by atoms with Gasteiger partial charge in [-0.05, 0) is 25.1 Å². The minimum Gasteiger partial charge on any atom is -0.346 e. The molecule has 0 aliphatic rings. The summed E-state index contributed by atoms with van der Waals surface area (Å²) in [4.78, 5) is 23.9. The molecule has 0 aliphatic carbocycles. The van der Waals surface area contributed by atoms with Crippen molar-refractivity contribution in [3.8, 4) is 6.07 Å². The molecule has 6 heteroatoms. The van der Waals surface area contributed by atoms with Crippen LogP contribution in [0.25, 0.3) is 17.0 Å². The van der Waals surface area contributed by atoms with Crippen LogP contribution in [0.5, 0.6) is 0 Å². The fraction of sp³-hybridized carbons (Fsp3) is 0.190. The van der Waals surface area contributed by atoms with Gasteiger partial charge in [-0.1, -0.05) is 18.2 Å². The summed E-state index contributed by atoms with van der Waals surface area (Å²) in [5.74, 6) is -0.273. The molecule has 0 aliphatic heterocycles. The first-order valence-electron chi connectivity index (χ1n) is 8.76. The normalized spacial score (nSPS) is 11.0. The molecule has 2 aromatic heterocycles. The smallest absolute Gasteiger partial charge is 0.250 e. The van der Waals surface area contributed by atoms with Crippen LogP contribution in [0.1, 0.15) is 18.9 Å². The number of rotatable bonds is 6. The van der Waals surface area contributed by atoms with Crippen LogP contribution in [0.3, 0.4) is 0 Å². The van der Waals surface area contributed by atoms with E-state index in [1.165, 1.54) is 16.7 Å². The Balaban J connectivity index is 1.80. The van der Waals surface area contributed by atoms with E-state index >= 15 is 0 Å². The Labute approximate surface area is 157 Å². The van der Waals surface area contributed by atoms with Crippen LogP contribution in [0.4, 0.5) is 5.69 Å². The van der Waals surface area contributed by atoms with Crippen LogP contribution in [-0.2, 0) is 17.9 Å². The van der Waals surface area contributed by atoms with Crippen LogP contribution in [-0.4, -0.2) is 15.0 Å². The summed E-state index contributed by atoms with van der Waals surface area (Å²) < 4.78 is 3.55. The number of nitrogens with zero attached hydrogens (tertiary/aromatic N) is 3. The van der Waals surface area contributed by atoms with Crippen molar-refractivity contribution in [2.75, 3.05) is 5.32 Å². The Morgan fingerprint density at radius 3 is 2.78 bits per heavy atom. The average molecular weight is 360 g/mol. The Bertz CT molecular complexity index is 1100. The highest BCUT2D eigenvalue weighted by atomic mass is 16.1. The molecule has 1 N–H and O–H groups in total. The first-order valence-corrected chi connectivity index (χ1v) is 8.76. The third kappa shape index (κ3) is 4.15. The van der Waals surface area contributed by atoms with Gasteiger partial charge in [0.25, 0.3) is 5.56 Å². The number of benzene rings is 1. The molecule has 27 heavy (non-hydrogen) atoms. The van der Waals surface area contributed by atoms with Gasteiger partial charge in [-0.15, -0.1) is 0 Å². The zero-order chi connectivity index (χ0) is 19.2. The Kier molecular flexibility index (Phi) is 5.53. The minimum absolute atomic E-state index is 0.101. The number of pyridine rings is 1. The molecular weight excluding hydrogens is 340 g/mol. The first-order chi connectivity index (χ1) is 13.1. The first kappa shape index (κ1) is 18.2. The van der Waals surface area contributed by atoms with E-state index in [2.05, 4.69) is 11.4 Å². The monoisotopic (exact) mass is 360 g/mol. The number of aromatic nitrogens is 2. The lowest BCUT2D eigenvalue weighted by Crippen LogP contribution is -2.19. The van der Waals surface area contributed by atoms with Crippen molar-refractivity contribution in [3.05, 3.63) is 70.8 Å². The second-order valence-corrected chi connectivity index (χ2v) is 6.07. The van der Waals surface area contributed by atoms with E-state index < -0.39 is 0 Å². The highest BCUT2D eigenvalue weighted by Crippen LogP contribution is 2.22. The van der Waals surface area contributed by atoms with Crippen molar-refractivity contribution in [1.82, 2.24) is 9.13 Å². The van der Waals surface area contributed by atoms with Gasteiger partial charge in [0.2, 0.25) is 5.91 Å². The van der Waals surface area contributed by atoms with E-state index in [0.29, 0.717) is 25.2 Å². The Morgan fingerprint density at radius 1 is 1.19 bits per heavy atom. The Morgan fingerprint density at radius 2 is 2.00 bits per heavy atom. The molecule has 0 saturated heterocycles. The molecule has 6 nitrogen and oxygen atoms in total. The maximum absolute atomic E-state index is 12.3. The third-order valence-corrected chi connectivity index (χ3v) is 4.29. The van der Waals surface area contributed by atoms with Crippen molar-refractivity contribution >= 4 is 28.6 Å². The van der Waals surface area contributed by atoms with Crippen molar-refractivity contribution in [2.45, 2.75) is 26.4 Å². The van der Waals surface area contributed by atoms with Crippen molar-refractivity contribution in [2.24, 2.45) is 0 Å². The van der Waals surface area contributed by atoms with Gasteiger partial charge in [-0.25, -0.2) is 0 Å². The molecule has 0 fully saturated rings. The summed E-state index contributed by atoms with van der Waals surface area (Å²) >= 11 is 0. The van der Waals surface area contributed by atoms with Gasteiger partial charge in [0, 0.05) is 54.1 Å². The summed E-state index contributed by atoms with van der Waals surface area (Å²) in [6, 6.07) is 13.1. The van der Waals surface area contributed by atoms with Gasteiger partial charge < -0.3 is 14.5 Å². The number of hydrogen-bond donors (Lipinski definition) is 1. The second-order valence-electron chi connectivity index (χ2n) is 6.07. The lowest BCUT2D eigenvalue weighted by Gasteiger charge is -2.05. The van der Waals surface area contributed by atoms with Gasteiger partial charge in [0.15, 0.2) is 0 Å². The van der Waals surface area contributed by atoms with E-state index in [4.69, 9.17) is 5.26 Å². The molecule has 0 bridgehead atoms. The van der Waals surface area contributed by atoms with E-state index in [0.717, 1.165) is 16.5 Å². The number of carbonyl (C=O) groups is 1. The zero-order valence-electron chi connectivity index (χ0n) is 15.1. The molecule has 3 rings (SSSR count). The predicted molar refractivity (Wildman–Crippen MR) is 106 cm³/mol. The number of para-hydroxylation sites is 1. The third-order valence-electron chi connectivity index (χ3n) is 4.29. The topological polar surface area (TPSA) is 79.8 Å². The van der Waals surface area contributed by atoms with E-state index in [-0.39, 0.29) is 11.5 Å². The van der Waals surface area contributed by atoms with Gasteiger partial charge in [0.1, 0.15) is 0 Å². The lowest BCUT2D eigenvalue weighted by atomic mass is 10.1. The van der Waals surface area contributed by atoms with Crippen LogP contribution in [0.15, 0.2) is 59.7 Å². The van der Waals surface area contributed by atoms with Gasteiger partial charge in [-0.2, -0.15) is 5.26 Å². The number of anilines is 1. The van der Waals surface area contributed by atoms with Gasteiger partial charge in [-0.3, -0.25) is 9.59 Å². The zero-order valence-corrected chi connectivity index (χ0v) is 15.1. The summed E-state index contributed by atoms with van der Waals surface area (Å²) in [6.45, 7) is 3.02. The fourth-order valence-electron chi connectivity index (χ4n) is 2.97. The fourth-order valence-corrected chi connectivity index (χ4v) is 2.97. The maximum atomic E-state index is 12.3. The molecule has 0 unspecified atom stereocenters. The largest absolute Gasteiger partial charge is 0.346 e. The van der Waals surface area contributed by atoms with E-state index in [1.807, 2.05) is 42.0 Å². The molecule has 2 heterocycles. The average Bonchev–Trinajstić information content (AvgIpc) is 3.04. The van der Waals surface area contributed by atoms with E-state index in [9.17, 15) is 9.59 Å². The number of fused-ring (bicyclic) bond motifs is 1. The van der Waals surface area contributed by atoms with Gasteiger partial charge in [0.05, 0.1) is 18.2 Å². The number of nitriles is 1. The van der Waals surface area contributed by atoms with Crippen LogP contribution >= 0.6 is 0 Å². The number of hydrogen-bond acceptors (Lipinski definition) is 3. The SMILES string of the molecule is CCn1cc(NC(=O)/C=C/c2cn(CCC#N)c3ccccc23)ccc1=O. The molecule has 0 spiro atoms. The number of nitrogens with one attached hydrogen (secondary N) is 1. The van der Waals surface area contributed by atoms with Crippen LogP contribution in [0.2, 0.25) is 0 Å². The predicted octanol–water partition coefficient (Wildman–Crippen LogP) is 3.39. The Hall–Kier alpha value is -3.59. The van der Waals surface area contributed by atoms with Crippen molar-refractivity contribution < 1.29 is 4.79 Å². The second kappa shape index (κ2) is 8.19. The lowest BCUT2D eigenvalue weighted by molar-refractivity contribution is -0.111. The van der Waals surface area contributed by atoms with Crippen LogP contribution < -0.4 is 10.9 Å². The molecule has 0 saturated carbocycles. The molecular formula is C21H20N4O2. The summed E-state index contributed by atoms with van der Waals surface area (Å²) in [7, 11) is 0.